The molecule has 0 aromatic carbocycles. The second-order valence-electron chi connectivity index (χ2n) is 6.95. The van der Waals surface area contributed by atoms with Crippen LogP contribution < -0.4 is 5.32 Å². The van der Waals surface area contributed by atoms with Gasteiger partial charge in [0.05, 0.1) is 4.88 Å². The zero-order chi connectivity index (χ0) is 14.3. The van der Waals surface area contributed by atoms with E-state index in [4.69, 9.17) is 0 Å². The molecule has 1 spiro atoms. The van der Waals surface area contributed by atoms with Gasteiger partial charge in [-0.25, -0.2) is 0 Å². The van der Waals surface area contributed by atoms with Crippen molar-refractivity contribution in [2.75, 3.05) is 26.2 Å². The minimum Gasteiger partial charge on any atom is -0.338 e. The van der Waals surface area contributed by atoms with Crippen molar-refractivity contribution < 1.29 is 4.79 Å². The van der Waals surface area contributed by atoms with Crippen LogP contribution in [0.15, 0.2) is 6.07 Å². The lowest BCUT2D eigenvalue weighted by Gasteiger charge is -2.44. The van der Waals surface area contributed by atoms with Crippen LogP contribution in [0.2, 0.25) is 0 Å². The third-order valence-corrected chi connectivity index (χ3v) is 6.96. The Morgan fingerprint density at radius 3 is 2.62 bits per heavy atom. The summed E-state index contributed by atoms with van der Waals surface area (Å²) in [5.74, 6) is 0.290. The first kappa shape index (κ1) is 13.8. The van der Waals surface area contributed by atoms with E-state index < -0.39 is 0 Å². The van der Waals surface area contributed by atoms with E-state index in [-0.39, 0.29) is 5.91 Å². The van der Waals surface area contributed by atoms with Gasteiger partial charge in [0.1, 0.15) is 0 Å². The minimum atomic E-state index is 0.290. The monoisotopic (exact) mass is 304 g/mol. The Hall–Kier alpha value is -0.870. The Morgan fingerprint density at radius 2 is 1.90 bits per heavy atom. The van der Waals surface area contributed by atoms with Gasteiger partial charge in [-0.1, -0.05) is 0 Å². The number of nitrogens with zero attached hydrogens (tertiary/aromatic N) is 1. The molecule has 0 saturated carbocycles. The van der Waals surface area contributed by atoms with E-state index in [0.29, 0.717) is 5.41 Å². The highest BCUT2D eigenvalue weighted by Gasteiger charge is 2.37. The molecule has 2 aliphatic heterocycles. The predicted molar refractivity (Wildman–Crippen MR) is 86.0 cm³/mol. The fraction of sp³-hybridized carbons (Fsp3) is 0.706. The SMILES string of the molecule is O=C(c1cc2c(s1)CCC2)N1CCC2(CCNCC2)CC1. The maximum absolute atomic E-state index is 12.7. The summed E-state index contributed by atoms with van der Waals surface area (Å²) in [7, 11) is 0. The molecule has 1 aromatic heterocycles. The summed E-state index contributed by atoms with van der Waals surface area (Å²) in [5, 5.41) is 3.46. The lowest BCUT2D eigenvalue weighted by Crippen LogP contribution is -2.47. The van der Waals surface area contributed by atoms with Gasteiger partial charge >= 0.3 is 0 Å². The van der Waals surface area contributed by atoms with Crippen LogP contribution in [0.4, 0.5) is 0 Å². The van der Waals surface area contributed by atoms with Crippen LogP contribution in [0.1, 0.15) is 52.2 Å². The summed E-state index contributed by atoms with van der Waals surface area (Å²) < 4.78 is 0. The summed E-state index contributed by atoms with van der Waals surface area (Å²) >= 11 is 1.75. The van der Waals surface area contributed by atoms with Crippen molar-refractivity contribution in [2.24, 2.45) is 5.41 Å². The summed E-state index contributed by atoms with van der Waals surface area (Å²) in [6.45, 7) is 4.24. The molecule has 0 unspecified atom stereocenters. The van der Waals surface area contributed by atoms with Crippen molar-refractivity contribution in [2.45, 2.75) is 44.9 Å². The molecular formula is C17H24N2OS. The van der Waals surface area contributed by atoms with E-state index in [2.05, 4.69) is 16.3 Å². The van der Waals surface area contributed by atoms with E-state index in [9.17, 15) is 4.79 Å². The molecule has 2 fully saturated rings. The second-order valence-corrected chi connectivity index (χ2v) is 8.09. The average molecular weight is 304 g/mol. The molecule has 1 aliphatic carbocycles. The minimum absolute atomic E-state index is 0.290. The molecule has 4 heteroatoms. The first-order valence-electron chi connectivity index (χ1n) is 8.37. The Labute approximate surface area is 130 Å². The first-order chi connectivity index (χ1) is 10.3. The van der Waals surface area contributed by atoms with Crippen LogP contribution in [0.25, 0.3) is 0 Å². The Morgan fingerprint density at radius 1 is 1.14 bits per heavy atom. The van der Waals surface area contributed by atoms with Gasteiger partial charge < -0.3 is 10.2 Å². The lowest BCUT2D eigenvalue weighted by atomic mass is 9.71. The normalized spacial score (nSPS) is 24.3. The molecule has 114 valence electrons. The predicted octanol–water partition coefficient (Wildman–Crippen LogP) is 2.84. The van der Waals surface area contributed by atoms with Crippen molar-refractivity contribution in [1.82, 2.24) is 10.2 Å². The second kappa shape index (κ2) is 5.40. The number of thiophene rings is 1. The molecule has 3 aliphatic rings. The van der Waals surface area contributed by atoms with E-state index in [1.807, 2.05) is 0 Å². The van der Waals surface area contributed by atoms with Gasteiger partial charge in [0.25, 0.3) is 5.91 Å². The maximum atomic E-state index is 12.7. The summed E-state index contributed by atoms with van der Waals surface area (Å²) in [5.41, 5.74) is 1.97. The molecule has 1 N–H and O–H groups in total. The molecule has 21 heavy (non-hydrogen) atoms. The van der Waals surface area contributed by atoms with Crippen LogP contribution in [0, 0.1) is 5.41 Å². The maximum Gasteiger partial charge on any atom is 0.263 e. The van der Waals surface area contributed by atoms with Gasteiger partial charge in [-0.3, -0.25) is 4.79 Å². The van der Waals surface area contributed by atoms with Crippen LogP contribution in [-0.2, 0) is 12.8 Å². The number of hydrogen-bond donors (Lipinski definition) is 1. The zero-order valence-electron chi connectivity index (χ0n) is 12.6. The number of fused-ring (bicyclic) bond motifs is 1. The number of aryl methyl sites for hydroxylation is 2. The topological polar surface area (TPSA) is 32.3 Å². The summed E-state index contributed by atoms with van der Waals surface area (Å²) in [6, 6.07) is 2.17. The summed E-state index contributed by atoms with van der Waals surface area (Å²) in [4.78, 5) is 17.3. The first-order valence-corrected chi connectivity index (χ1v) is 9.19. The number of amides is 1. The van der Waals surface area contributed by atoms with Crippen molar-refractivity contribution in [3.8, 4) is 0 Å². The molecular weight excluding hydrogens is 280 g/mol. The van der Waals surface area contributed by atoms with Gasteiger partial charge in [-0.15, -0.1) is 11.3 Å². The van der Waals surface area contributed by atoms with Gasteiger partial charge in [0, 0.05) is 18.0 Å². The van der Waals surface area contributed by atoms with E-state index in [1.54, 1.807) is 11.3 Å². The molecule has 4 rings (SSSR count). The number of piperidine rings is 2. The van der Waals surface area contributed by atoms with Gasteiger partial charge in [-0.2, -0.15) is 0 Å². The van der Waals surface area contributed by atoms with Crippen LogP contribution >= 0.6 is 11.3 Å². The Bertz CT molecular complexity index is 513. The number of carbonyl (C=O) groups is 1. The van der Waals surface area contributed by atoms with E-state index >= 15 is 0 Å². The summed E-state index contributed by atoms with van der Waals surface area (Å²) in [6.07, 6.45) is 8.62. The highest BCUT2D eigenvalue weighted by atomic mass is 32.1. The smallest absolute Gasteiger partial charge is 0.263 e. The van der Waals surface area contributed by atoms with Crippen molar-refractivity contribution >= 4 is 17.2 Å². The van der Waals surface area contributed by atoms with Crippen molar-refractivity contribution in [3.63, 3.8) is 0 Å². The zero-order valence-corrected chi connectivity index (χ0v) is 13.4. The van der Waals surface area contributed by atoms with E-state index in [1.165, 1.54) is 55.4 Å². The number of hydrogen-bond acceptors (Lipinski definition) is 3. The number of carbonyl (C=O) groups excluding carboxylic acids is 1. The molecule has 1 aromatic rings. The fourth-order valence-electron chi connectivity index (χ4n) is 4.23. The lowest BCUT2D eigenvalue weighted by molar-refractivity contribution is 0.0500. The largest absolute Gasteiger partial charge is 0.338 e. The number of nitrogens with one attached hydrogen (secondary N) is 1. The molecule has 0 bridgehead atoms. The number of rotatable bonds is 1. The van der Waals surface area contributed by atoms with Crippen LogP contribution in [0.3, 0.4) is 0 Å². The Kier molecular flexibility index (Phi) is 3.54. The molecule has 1 amide bonds. The van der Waals surface area contributed by atoms with E-state index in [0.717, 1.165) is 31.1 Å². The fourth-order valence-corrected chi connectivity index (χ4v) is 5.45. The van der Waals surface area contributed by atoms with Gasteiger partial charge in [-0.05, 0) is 75.1 Å². The Balaban J connectivity index is 1.42. The highest BCUT2D eigenvalue weighted by molar-refractivity contribution is 7.14. The molecule has 3 heterocycles. The third-order valence-electron chi connectivity index (χ3n) is 5.73. The quantitative estimate of drug-likeness (QED) is 0.865. The molecule has 3 nitrogen and oxygen atoms in total. The third kappa shape index (κ3) is 2.53. The molecule has 0 radical (unpaired) electrons. The van der Waals surface area contributed by atoms with Gasteiger partial charge in [0.2, 0.25) is 0 Å². The van der Waals surface area contributed by atoms with Crippen molar-refractivity contribution in [3.05, 3.63) is 21.4 Å². The number of likely N-dealkylation sites (tertiary alicyclic amines) is 1. The molecule has 2 saturated heterocycles. The average Bonchev–Trinajstić information content (AvgIpc) is 3.09. The van der Waals surface area contributed by atoms with Crippen LogP contribution in [-0.4, -0.2) is 37.0 Å². The molecule has 0 atom stereocenters. The van der Waals surface area contributed by atoms with Gasteiger partial charge in [0.15, 0.2) is 0 Å². The highest BCUT2D eigenvalue weighted by Crippen LogP contribution is 2.40. The van der Waals surface area contributed by atoms with Crippen LogP contribution in [0.5, 0.6) is 0 Å². The van der Waals surface area contributed by atoms with Crippen molar-refractivity contribution in [1.29, 1.82) is 0 Å². The standard InChI is InChI=1S/C17H24N2OS/c20-16(15-12-13-2-1-3-14(13)21-15)19-10-6-17(7-11-19)4-8-18-9-5-17/h12,18H,1-11H2.